The number of hydrogen-bond donors (Lipinski definition) is 1. The van der Waals surface area contributed by atoms with Crippen LogP contribution in [-0.2, 0) is 0 Å². The summed E-state index contributed by atoms with van der Waals surface area (Å²) in [4.78, 5) is 0. The van der Waals surface area contributed by atoms with Crippen LogP contribution < -0.4 is 24.6 Å². The summed E-state index contributed by atoms with van der Waals surface area (Å²) in [7, 11) is 0. The molecule has 0 aliphatic carbocycles. The molecule has 0 rings (SSSR count). The fourth-order valence-corrected chi connectivity index (χ4v) is 0.498. The number of nitrogens with two attached hydrogens (primary N) is 1. The second-order valence-electron chi connectivity index (χ2n) is 1.70. The monoisotopic (exact) mass is 107 g/mol. The van der Waals surface area contributed by atoms with Gasteiger partial charge in [0.1, 0.15) is 0 Å². The van der Waals surface area contributed by atoms with Gasteiger partial charge in [0.15, 0.2) is 0 Å². The van der Waals surface area contributed by atoms with Gasteiger partial charge in [-0.2, -0.15) is 6.42 Å². The van der Waals surface area contributed by atoms with Crippen LogP contribution in [0.3, 0.4) is 0 Å². The van der Waals surface area contributed by atoms with Gasteiger partial charge in [0.05, 0.1) is 0 Å². The molecule has 1 nitrogen and oxygen atoms in total. The van der Waals surface area contributed by atoms with Crippen LogP contribution in [0.25, 0.3) is 0 Å². The first-order chi connectivity index (χ1) is 3.41. The largest absolute Gasteiger partial charge is 1.00 e. The van der Waals surface area contributed by atoms with E-state index in [1.165, 1.54) is 12.8 Å². The Morgan fingerprint density at radius 1 is 1.12 bits per heavy atom. The molecule has 0 aromatic heterocycles. The quantitative estimate of drug-likeness (QED) is 0.260. The van der Waals surface area contributed by atoms with Gasteiger partial charge in [-0.1, -0.05) is 12.8 Å². The van der Waals surface area contributed by atoms with E-state index in [9.17, 15) is 0 Å². The van der Waals surface area contributed by atoms with Crippen molar-refractivity contribution in [2.24, 2.45) is 5.73 Å². The van der Waals surface area contributed by atoms with Gasteiger partial charge >= 0.3 is 18.9 Å². The second-order valence-corrected chi connectivity index (χ2v) is 1.70. The maximum absolute atomic E-state index is 5.25. The van der Waals surface area contributed by atoms with E-state index in [1.54, 1.807) is 0 Å². The fourth-order valence-electron chi connectivity index (χ4n) is 0.498. The van der Waals surface area contributed by atoms with E-state index in [0.29, 0.717) is 0 Å². The van der Waals surface area contributed by atoms with Crippen molar-refractivity contribution in [2.75, 3.05) is 6.54 Å². The summed E-state index contributed by atoms with van der Waals surface area (Å²) in [5.74, 6) is 0. The molecule has 2 heteroatoms. The van der Waals surface area contributed by atoms with E-state index in [-0.39, 0.29) is 18.9 Å². The average molecular weight is 107 g/mol. The molecule has 0 spiro atoms. The summed E-state index contributed by atoms with van der Waals surface area (Å²) in [6, 6.07) is 0. The van der Waals surface area contributed by atoms with Crippen molar-refractivity contribution in [2.45, 2.75) is 25.7 Å². The van der Waals surface area contributed by atoms with Gasteiger partial charge in [-0.3, -0.25) is 0 Å². The van der Waals surface area contributed by atoms with Gasteiger partial charge in [0.2, 0.25) is 0 Å². The van der Waals surface area contributed by atoms with Crippen LogP contribution in [0.2, 0.25) is 0 Å². The number of hydrogen-bond acceptors (Lipinski definition) is 1. The van der Waals surface area contributed by atoms with Crippen LogP contribution in [0.4, 0.5) is 0 Å². The first kappa shape index (κ1) is 11.4. The van der Waals surface area contributed by atoms with Crippen molar-refractivity contribution in [1.29, 1.82) is 0 Å². The Kier molecular flexibility index (Phi) is 14.9. The molecule has 44 valence electrons. The third kappa shape index (κ3) is 9.75. The van der Waals surface area contributed by atoms with E-state index in [0.717, 1.165) is 19.4 Å². The molecule has 2 N–H and O–H groups in total. The van der Waals surface area contributed by atoms with Crippen molar-refractivity contribution >= 4 is 0 Å². The molecule has 0 fully saturated rings. The Bertz CT molecular complexity index is 27.7. The standard InChI is InChI=1S/C6H14N.Li/c1-2-3-4-5-6-7;/h1-7H2;/q-1;+1. The third-order valence-corrected chi connectivity index (χ3v) is 0.954. The summed E-state index contributed by atoms with van der Waals surface area (Å²) in [6.07, 6.45) is 4.70. The van der Waals surface area contributed by atoms with Crippen LogP contribution in [0, 0.1) is 6.92 Å². The van der Waals surface area contributed by atoms with Gasteiger partial charge in [-0.15, -0.1) is 0 Å². The summed E-state index contributed by atoms with van der Waals surface area (Å²) in [5.41, 5.74) is 5.25. The first-order valence-electron chi connectivity index (χ1n) is 2.91. The molecule has 0 radical (unpaired) electrons. The SMILES string of the molecule is [CH2-]CCCCCN.[Li+]. The van der Waals surface area contributed by atoms with Gasteiger partial charge in [0.25, 0.3) is 0 Å². The fraction of sp³-hybridized carbons (Fsp3) is 0.833. The summed E-state index contributed by atoms with van der Waals surface area (Å²) < 4.78 is 0. The number of unbranched alkanes of at least 4 members (excludes halogenated alkanes) is 3. The maximum Gasteiger partial charge on any atom is 1.00 e. The minimum atomic E-state index is 0. The minimum absolute atomic E-state index is 0. The Morgan fingerprint density at radius 3 is 2.12 bits per heavy atom. The molecule has 0 atom stereocenters. The smallest absolute Gasteiger partial charge is 0.343 e. The van der Waals surface area contributed by atoms with E-state index in [2.05, 4.69) is 6.92 Å². The van der Waals surface area contributed by atoms with Crippen LogP contribution in [0.15, 0.2) is 0 Å². The van der Waals surface area contributed by atoms with Gasteiger partial charge in [0, 0.05) is 0 Å². The molecule has 0 unspecified atom stereocenters. The van der Waals surface area contributed by atoms with Crippen molar-refractivity contribution in [3.05, 3.63) is 6.92 Å². The van der Waals surface area contributed by atoms with Crippen molar-refractivity contribution < 1.29 is 18.9 Å². The predicted molar refractivity (Wildman–Crippen MR) is 32.9 cm³/mol. The van der Waals surface area contributed by atoms with Gasteiger partial charge < -0.3 is 12.7 Å². The van der Waals surface area contributed by atoms with Crippen molar-refractivity contribution in [3.63, 3.8) is 0 Å². The molecule has 0 aromatic rings. The van der Waals surface area contributed by atoms with E-state index in [4.69, 9.17) is 5.73 Å². The Hall–Kier alpha value is 0.557. The summed E-state index contributed by atoms with van der Waals surface area (Å²) in [6.45, 7) is 4.55. The predicted octanol–water partition coefficient (Wildman–Crippen LogP) is -1.66. The minimum Gasteiger partial charge on any atom is -0.343 e. The van der Waals surface area contributed by atoms with Crippen molar-refractivity contribution in [1.82, 2.24) is 0 Å². The molecular formula is C6H14LiN. The maximum atomic E-state index is 5.25. The molecule has 8 heavy (non-hydrogen) atoms. The Balaban J connectivity index is 0. The molecule has 0 bridgehead atoms. The van der Waals surface area contributed by atoms with Crippen molar-refractivity contribution in [3.8, 4) is 0 Å². The molecular weight excluding hydrogens is 93.0 g/mol. The topological polar surface area (TPSA) is 26.0 Å². The molecule has 0 heterocycles. The van der Waals surface area contributed by atoms with Crippen LogP contribution in [-0.4, -0.2) is 6.54 Å². The van der Waals surface area contributed by atoms with Crippen LogP contribution >= 0.6 is 0 Å². The zero-order valence-electron chi connectivity index (χ0n) is 5.82. The normalized spacial score (nSPS) is 8.25. The molecule has 0 saturated heterocycles. The molecule has 0 aliphatic rings. The Morgan fingerprint density at radius 2 is 1.75 bits per heavy atom. The van der Waals surface area contributed by atoms with Crippen LogP contribution in [0.5, 0.6) is 0 Å². The second kappa shape index (κ2) is 10.5. The van der Waals surface area contributed by atoms with Gasteiger partial charge in [-0.05, 0) is 13.0 Å². The summed E-state index contributed by atoms with van der Waals surface area (Å²) >= 11 is 0. The molecule has 0 aliphatic heterocycles. The Labute approximate surface area is 64.2 Å². The van der Waals surface area contributed by atoms with Crippen LogP contribution in [0.1, 0.15) is 25.7 Å². The zero-order valence-corrected chi connectivity index (χ0v) is 5.82. The average Bonchev–Trinajstić information content (AvgIpc) is 1.69. The first-order valence-corrected chi connectivity index (χ1v) is 2.91. The molecule has 0 saturated carbocycles. The van der Waals surface area contributed by atoms with Gasteiger partial charge in [-0.25, -0.2) is 0 Å². The number of rotatable bonds is 4. The van der Waals surface area contributed by atoms with E-state index >= 15 is 0 Å². The zero-order chi connectivity index (χ0) is 5.54. The summed E-state index contributed by atoms with van der Waals surface area (Å²) in [5, 5.41) is 0. The molecule has 0 amide bonds. The molecule has 0 aromatic carbocycles. The third-order valence-electron chi connectivity index (χ3n) is 0.954. The van der Waals surface area contributed by atoms with E-state index < -0.39 is 0 Å². The van der Waals surface area contributed by atoms with E-state index in [1.807, 2.05) is 0 Å².